The molecule has 2 aromatic heterocycles. The van der Waals surface area contributed by atoms with E-state index in [0.29, 0.717) is 10.9 Å². The van der Waals surface area contributed by atoms with Gasteiger partial charge in [-0.1, -0.05) is 6.07 Å². The molecule has 0 saturated carbocycles. The summed E-state index contributed by atoms with van der Waals surface area (Å²) in [6.07, 6.45) is 7.29. The number of piperazine rings is 1. The van der Waals surface area contributed by atoms with Crippen LogP contribution < -0.4 is 4.90 Å². The zero-order valence-corrected chi connectivity index (χ0v) is 23.2. The number of piperidine rings is 1. The summed E-state index contributed by atoms with van der Waals surface area (Å²) >= 11 is 1.46. The van der Waals surface area contributed by atoms with E-state index in [-0.39, 0.29) is 5.91 Å². The number of hydrogen-bond donors (Lipinski definition) is 0. The number of amidine groups is 1. The number of anilines is 1. The number of imidazole rings is 1. The number of rotatable bonds is 4. The van der Waals surface area contributed by atoms with Crippen molar-refractivity contribution in [2.45, 2.75) is 46.1 Å². The van der Waals surface area contributed by atoms with Gasteiger partial charge in [-0.3, -0.25) is 9.69 Å². The molecule has 2 fully saturated rings. The Morgan fingerprint density at radius 1 is 0.947 bits per heavy atom. The number of likely N-dealkylation sites (tertiary alicyclic amines) is 1. The second-order valence-electron chi connectivity index (χ2n) is 10.6. The van der Waals surface area contributed by atoms with Gasteiger partial charge in [-0.15, -0.1) is 0 Å². The topological polar surface area (TPSA) is 69.3 Å². The number of thioether (sulfide) groups is 1. The Morgan fingerprint density at radius 2 is 1.74 bits per heavy atom. The van der Waals surface area contributed by atoms with Crippen molar-refractivity contribution in [1.29, 1.82) is 0 Å². The Morgan fingerprint density at radius 3 is 2.47 bits per heavy atom. The second kappa shape index (κ2) is 10.5. The molecule has 9 heteroatoms. The summed E-state index contributed by atoms with van der Waals surface area (Å²) in [5, 5.41) is 5.67. The maximum absolute atomic E-state index is 12.6. The van der Waals surface area contributed by atoms with Crippen LogP contribution in [0, 0.1) is 6.92 Å². The highest BCUT2D eigenvalue weighted by molar-refractivity contribution is 8.18. The first-order valence-corrected chi connectivity index (χ1v) is 14.5. The molecule has 1 amide bonds. The van der Waals surface area contributed by atoms with Gasteiger partial charge in [-0.05, 0) is 87.7 Å². The Hall–Kier alpha value is -3.17. The van der Waals surface area contributed by atoms with Crippen molar-refractivity contribution in [3.05, 3.63) is 52.7 Å². The minimum absolute atomic E-state index is 0.177. The maximum Gasteiger partial charge on any atom is 0.286 e. The summed E-state index contributed by atoms with van der Waals surface area (Å²) in [6, 6.07) is 11.1. The fraction of sp³-hybridized carbons (Fsp3) is 0.448. The lowest BCUT2D eigenvalue weighted by atomic mass is 10.1. The zero-order valence-electron chi connectivity index (χ0n) is 22.4. The van der Waals surface area contributed by atoms with E-state index < -0.39 is 0 Å². The summed E-state index contributed by atoms with van der Waals surface area (Å²) in [7, 11) is 0. The zero-order chi connectivity index (χ0) is 26.2. The van der Waals surface area contributed by atoms with Crippen LogP contribution in [0.15, 0.2) is 46.4 Å². The van der Waals surface area contributed by atoms with Gasteiger partial charge < -0.3 is 9.80 Å². The van der Waals surface area contributed by atoms with Crippen molar-refractivity contribution >= 4 is 40.2 Å². The van der Waals surface area contributed by atoms with Gasteiger partial charge in [-0.25, -0.2) is 9.50 Å². The lowest BCUT2D eigenvalue weighted by molar-refractivity contribution is -0.113. The molecule has 3 aliphatic heterocycles. The number of hydrogen-bond acceptors (Lipinski definition) is 7. The van der Waals surface area contributed by atoms with Crippen LogP contribution in [0.3, 0.4) is 0 Å². The van der Waals surface area contributed by atoms with Gasteiger partial charge in [-0.2, -0.15) is 10.1 Å². The van der Waals surface area contributed by atoms with E-state index in [1.54, 1.807) is 0 Å². The summed E-state index contributed by atoms with van der Waals surface area (Å²) < 4.78 is 1.87. The molecule has 6 rings (SSSR count). The van der Waals surface area contributed by atoms with Gasteiger partial charge >= 0.3 is 0 Å². The van der Waals surface area contributed by atoms with Gasteiger partial charge in [0.2, 0.25) is 0 Å². The van der Waals surface area contributed by atoms with Crippen molar-refractivity contribution < 1.29 is 4.79 Å². The Kier molecular flexibility index (Phi) is 6.97. The Balaban J connectivity index is 1.22. The molecule has 0 bridgehead atoms. The van der Waals surface area contributed by atoms with Crippen molar-refractivity contribution in [2.24, 2.45) is 4.99 Å². The molecule has 0 radical (unpaired) electrons. The molecule has 2 saturated heterocycles. The lowest BCUT2D eigenvalue weighted by Crippen LogP contribution is -2.49. The number of amides is 1. The molecular formula is C29H35N7OS. The molecule has 0 N–H and O–H groups in total. The first kappa shape index (κ1) is 25.1. The van der Waals surface area contributed by atoms with Crippen LogP contribution in [0.25, 0.3) is 23.0 Å². The van der Waals surface area contributed by atoms with Crippen LogP contribution in [0.4, 0.5) is 5.69 Å². The highest BCUT2D eigenvalue weighted by Gasteiger charge is 2.27. The number of benzene rings is 1. The third kappa shape index (κ3) is 4.97. The molecule has 198 valence electrons. The molecule has 3 aliphatic rings. The summed E-state index contributed by atoms with van der Waals surface area (Å²) in [4.78, 5) is 29.4. The highest BCUT2D eigenvalue weighted by Crippen LogP contribution is 2.32. The van der Waals surface area contributed by atoms with Gasteiger partial charge in [0.25, 0.3) is 5.91 Å². The number of aryl methyl sites for hydroxylation is 1. The van der Waals surface area contributed by atoms with E-state index in [1.165, 1.54) is 29.4 Å². The number of carbonyl (C=O) groups excluding carboxylic acids is 1. The number of aromatic nitrogens is 3. The van der Waals surface area contributed by atoms with Crippen molar-refractivity contribution in [3.63, 3.8) is 0 Å². The summed E-state index contributed by atoms with van der Waals surface area (Å²) in [5.41, 5.74) is 6.08. The smallest absolute Gasteiger partial charge is 0.286 e. The third-order valence-electron chi connectivity index (χ3n) is 7.78. The molecule has 38 heavy (non-hydrogen) atoms. The average molecular weight is 530 g/mol. The highest BCUT2D eigenvalue weighted by atomic mass is 32.2. The standard InChI is InChI=1S/C29H35N7OS/c1-20(2)33-13-15-34(16-14-33)24-9-7-22(17-21(24)3)25-19-30-27-10-8-23(32-36(25)27)18-26-28(37)31-29(38-26)35-11-5-4-6-12-35/h7-10,17-20H,4-6,11-16H2,1-3H3/b26-18-. The van der Waals surface area contributed by atoms with Crippen molar-refractivity contribution in [1.82, 2.24) is 24.4 Å². The van der Waals surface area contributed by atoms with Crippen LogP contribution in [-0.2, 0) is 4.79 Å². The van der Waals surface area contributed by atoms with Gasteiger partial charge in [0, 0.05) is 56.6 Å². The summed E-state index contributed by atoms with van der Waals surface area (Å²) in [6.45, 7) is 13.0. The predicted octanol–water partition coefficient (Wildman–Crippen LogP) is 4.69. The fourth-order valence-corrected chi connectivity index (χ4v) is 6.51. The molecule has 5 heterocycles. The average Bonchev–Trinajstić information content (AvgIpc) is 3.52. The normalized spacial score (nSPS) is 20.3. The third-order valence-corrected chi connectivity index (χ3v) is 8.82. The molecule has 1 aromatic carbocycles. The molecule has 8 nitrogen and oxygen atoms in total. The molecule has 0 unspecified atom stereocenters. The van der Waals surface area contributed by atoms with Gasteiger partial charge in [0.05, 0.1) is 22.5 Å². The Bertz CT molecular complexity index is 1410. The van der Waals surface area contributed by atoms with E-state index in [0.717, 1.165) is 79.9 Å². The molecule has 0 spiro atoms. The van der Waals surface area contributed by atoms with Crippen molar-refractivity contribution in [2.75, 3.05) is 44.2 Å². The van der Waals surface area contributed by atoms with Crippen LogP contribution >= 0.6 is 11.8 Å². The SMILES string of the molecule is Cc1cc(-c2cnc3ccc(/C=C4\SC(N5CCCCC5)=NC4=O)nn23)ccc1N1CCN(C(C)C)CC1. The second-order valence-corrected chi connectivity index (χ2v) is 11.7. The van der Waals surface area contributed by atoms with Gasteiger partial charge in [0.15, 0.2) is 10.8 Å². The summed E-state index contributed by atoms with van der Waals surface area (Å²) in [5.74, 6) is -0.177. The fourth-order valence-electron chi connectivity index (χ4n) is 5.56. The first-order chi connectivity index (χ1) is 18.5. The van der Waals surface area contributed by atoms with Crippen LogP contribution in [0.5, 0.6) is 0 Å². The molecule has 3 aromatic rings. The minimum Gasteiger partial charge on any atom is -0.369 e. The van der Waals surface area contributed by atoms with E-state index in [4.69, 9.17) is 5.10 Å². The van der Waals surface area contributed by atoms with E-state index in [9.17, 15) is 4.79 Å². The van der Waals surface area contributed by atoms with Crippen LogP contribution in [0.2, 0.25) is 0 Å². The minimum atomic E-state index is -0.177. The largest absolute Gasteiger partial charge is 0.369 e. The molecular weight excluding hydrogens is 494 g/mol. The molecule has 0 aliphatic carbocycles. The lowest BCUT2D eigenvalue weighted by Gasteiger charge is -2.38. The van der Waals surface area contributed by atoms with Crippen LogP contribution in [0.1, 0.15) is 44.4 Å². The van der Waals surface area contributed by atoms with E-state index >= 15 is 0 Å². The number of fused-ring (bicyclic) bond motifs is 1. The maximum atomic E-state index is 12.6. The number of aliphatic imine (C=N–C) groups is 1. The monoisotopic (exact) mass is 529 g/mol. The quantitative estimate of drug-likeness (QED) is 0.454. The van der Waals surface area contributed by atoms with Gasteiger partial charge in [0.1, 0.15) is 0 Å². The van der Waals surface area contributed by atoms with E-state index in [1.807, 2.05) is 28.9 Å². The molecule has 0 atom stereocenters. The number of carbonyl (C=O) groups is 1. The number of nitrogens with zero attached hydrogens (tertiary/aromatic N) is 7. The Labute approximate surface area is 228 Å². The van der Waals surface area contributed by atoms with Crippen LogP contribution in [-0.4, -0.2) is 80.8 Å². The predicted molar refractivity (Wildman–Crippen MR) is 156 cm³/mol. The van der Waals surface area contributed by atoms with Crippen molar-refractivity contribution in [3.8, 4) is 11.3 Å². The first-order valence-electron chi connectivity index (χ1n) is 13.7. The van der Waals surface area contributed by atoms with E-state index in [2.05, 4.69) is 63.6 Å².